The lowest BCUT2D eigenvalue weighted by atomic mass is 10.1. The first kappa shape index (κ1) is 17.2. The van der Waals surface area contributed by atoms with Gasteiger partial charge in [0, 0.05) is 18.2 Å². The van der Waals surface area contributed by atoms with E-state index in [1.54, 1.807) is 14.2 Å². The second kappa shape index (κ2) is 7.16. The molecule has 0 atom stereocenters. The first-order chi connectivity index (χ1) is 13.2. The highest BCUT2D eigenvalue weighted by molar-refractivity contribution is 5.81. The van der Waals surface area contributed by atoms with Crippen molar-refractivity contribution in [1.82, 2.24) is 9.55 Å². The molecule has 0 radical (unpaired) electrons. The van der Waals surface area contributed by atoms with Gasteiger partial charge in [-0.25, -0.2) is 4.98 Å². The highest BCUT2D eigenvalue weighted by Gasteiger charge is 2.15. The second-order valence-electron chi connectivity index (χ2n) is 6.60. The maximum absolute atomic E-state index is 5.45. The number of fused-ring (bicyclic) bond motifs is 1. The third-order valence-corrected chi connectivity index (χ3v) is 4.69. The van der Waals surface area contributed by atoms with Gasteiger partial charge < -0.3 is 14.0 Å². The van der Waals surface area contributed by atoms with E-state index >= 15 is 0 Å². The fourth-order valence-corrected chi connectivity index (χ4v) is 3.39. The smallest absolute Gasteiger partial charge is 0.141 e. The summed E-state index contributed by atoms with van der Waals surface area (Å²) in [4.78, 5) is 4.90. The predicted molar refractivity (Wildman–Crippen MR) is 109 cm³/mol. The summed E-state index contributed by atoms with van der Waals surface area (Å²) in [6.07, 6.45) is 0. The molecule has 27 heavy (non-hydrogen) atoms. The molecule has 0 fully saturated rings. The third kappa shape index (κ3) is 3.38. The molecule has 0 saturated heterocycles. The van der Waals surface area contributed by atoms with Crippen molar-refractivity contribution in [2.75, 3.05) is 14.2 Å². The summed E-state index contributed by atoms with van der Waals surface area (Å²) in [5.74, 6) is 2.40. The van der Waals surface area contributed by atoms with Crippen LogP contribution in [-0.2, 0) is 6.54 Å². The summed E-state index contributed by atoms with van der Waals surface area (Å²) in [7, 11) is 3.32. The lowest BCUT2D eigenvalue weighted by Gasteiger charge is -2.12. The van der Waals surface area contributed by atoms with Gasteiger partial charge in [-0.05, 0) is 36.8 Å². The van der Waals surface area contributed by atoms with Crippen molar-refractivity contribution in [2.24, 2.45) is 0 Å². The maximum atomic E-state index is 5.45. The zero-order valence-corrected chi connectivity index (χ0v) is 15.8. The van der Waals surface area contributed by atoms with Gasteiger partial charge in [0.05, 0.1) is 25.3 Å². The molecule has 0 spiro atoms. The number of nitrogens with zero attached hydrogens (tertiary/aromatic N) is 2. The van der Waals surface area contributed by atoms with Crippen LogP contribution in [0.5, 0.6) is 11.5 Å². The van der Waals surface area contributed by atoms with Crippen molar-refractivity contribution in [1.29, 1.82) is 0 Å². The lowest BCUT2D eigenvalue weighted by molar-refractivity contribution is 0.394. The van der Waals surface area contributed by atoms with Crippen LogP contribution in [0, 0.1) is 6.92 Å². The molecule has 4 aromatic rings. The molecule has 0 aliphatic rings. The molecule has 0 aliphatic carbocycles. The molecule has 0 unspecified atom stereocenters. The van der Waals surface area contributed by atoms with Crippen LogP contribution in [0.3, 0.4) is 0 Å². The van der Waals surface area contributed by atoms with Gasteiger partial charge in [-0.2, -0.15) is 0 Å². The van der Waals surface area contributed by atoms with E-state index in [1.165, 1.54) is 11.1 Å². The van der Waals surface area contributed by atoms with Crippen LogP contribution in [0.1, 0.15) is 11.1 Å². The van der Waals surface area contributed by atoms with Gasteiger partial charge in [0.15, 0.2) is 0 Å². The lowest BCUT2D eigenvalue weighted by Crippen LogP contribution is -2.03. The summed E-state index contributed by atoms with van der Waals surface area (Å²) in [6.45, 7) is 2.86. The van der Waals surface area contributed by atoms with Crippen LogP contribution in [0.25, 0.3) is 22.4 Å². The molecule has 0 bridgehead atoms. The Hall–Kier alpha value is -3.27. The van der Waals surface area contributed by atoms with E-state index in [0.717, 1.165) is 40.5 Å². The Morgan fingerprint density at radius 1 is 0.852 bits per heavy atom. The molecule has 0 N–H and O–H groups in total. The number of hydrogen-bond acceptors (Lipinski definition) is 3. The number of ether oxygens (including phenoxy) is 2. The van der Waals surface area contributed by atoms with Crippen LogP contribution in [0.4, 0.5) is 0 Å². The molecule has 0 amide bonds. The van der Waals surface area contributed by atoms with Crippen LogP contribution >= 0.6 is 0 Å². The molecular formula is C23H22N2O2. The Morgan fingerprint density at radius 2 is 1.59 bits per heavy atom. The fourth-order valence-electron chi connectivity index (χ4n) is 3.39. The second-order valence-corrected chi connectivity index (χ2v) is 6.60. The van der Waals surface area contributed by atoms with E-state index in [-0.39, 0.29) is 0 Å². The molecule has 136 valence electrons. The Labute approximate surface area is 159 Å². The third-order valence-electron chi connectivity index (χ3n) is 4.69. The Kier molecular flexibility index (Phi) is 4.55. The summed E-state index contributed by atoms with van der Waals surface area (Å²) in [6, 6.07) is 22.7. The number of hydrogen-bond donors (Lipinski definition) is 0. The van der Waals surface area contributed by atoms with Gasteiger partial charge in [0.2, 0.25) is 0 Å². The molecule has 0 saturated carbocycles. The van der Waals surface area contributed by atoms with Gasteiger partial charge in [0.1, 0.15) is 17.3 Å². The molecule has 0 aliphatic heterocycles. The zero-order valence-electron chi connectivity index (χ0n) is 15.8. The Bertz CT molecular complexity index is 1080. The SMILES string of the molecule is COc1cc(OC)cc(-c2nc3ccccc3n2Cc2cccc(C)c2)c1. The van der Waals surface area contributed by atoms with Crippen molar-refractivity contribution >= 4 is 11.0 Å². The number of rotatable bonds is 5. The van der Waals surface area contributed by atoms with Crippen molar-refractivity contribution in [3.05, 3.63) is 77.9 Å². The highest BCUT2D eigenvalue weighted by Crippen LogP contribution is 2.32. The number of aryl methyl sites for hydroxylation is 1. The van der Waals surface area contributed by atoms with Gasteiger partial charge in [0.25, 0.3) is 0 Å². The van der Waals surface area contributed by atoms with E-state index in [9.17, 15) is 0 Å². The van der Waals surface area contributed by atoms with Crippen LogP contribution in [0.2, 0.25) is 0 Å². The van der Waals surface area contributed by atoms with E-state index in [4.69, 9.17) is 14.5 Å². The number of benzene rings is 3. The largest absolute Gasteiger partial charge is 0.497 e. The van der Waals surface area contributed by atoms with E-state index in [2.05, 4.69) is 41.8 Å². The number of methoxy groups -OCH3 is 2. The van der Waals surface area contributed by atoms with E-state index in [1.807, 2.05) is 36.4 Å². The van der Waals surface area contributed by atoms with Gasteiger partial charge >= 0.3 is 0 Å². The maximum Gasteiger partial charge on any atom is 0.141 e. The summed E-state index contributed by atoms with van der Waals surface area (Å²) in [5, 5.41) is 0. The summed E-state index contributed by atoms with van der Waals surface area (Å²) >= 11 is 0. The van der Waals surface area contributed by atoms with Crippen molar-refractivity contribution in [3.63, 3.8) is 0 Å². The monoisotopic (exact) mass is 358 g/mol. The predicted octanol–water partition coefficient (Wildman–Crippen LogP) is 5.08. The van der Waals surface area contributed by atoms with E-state index in [0.29, 0.717) is 0 Å². The van der Waals surface area contributed by atoms with Crippen molar-refractivity contribution in [2.45, 2.75) is 13.5 Å². The standard InChI is InChI=1S/C23H22N2O2/c1-16-7-6-8-17(11-16)15-25-22-10-5-4-9-21(22)24-23(25)18-12-19(26-2)14-20(13-18)27-3/h4-14H,15H2,1-3H3. The molecule has 4 nitrogen and oxygen atoms in total. The normalized spacial score (nSPS) is 10.9. The van der Waals surface area contributed by atoms with Gasteiger partial charge in [-0.3, -0.25) is 0 Å². The minimum Gasteiger partial charge on any atom is -0.497 e. The molecular weight excluding hydrogens is 336 g/mol. The highest BCUT2D eigenvalue weighted by atomic mass is 16.5. The van der Waals surface area contributed by atoms with Gasteiger partial charge in [-0.1, -0.05) is 42.0 Å². The molecule has 4 heteroatoms. The Balaban J connectivity index is 1.90. The van der Waals surface area contributed by atoms with Crippen molar-refractivity contribution < 1.29 is 9.47 Å². The fraction of sp³-hybridized carbons (Fsp3) is 0.174. The summed E-state index contributed by atoms with van der Waals surface area (Å²) < 4.78 is 13.1. The average molecular weight is 358 g/mol. The van der Waals surface area contributed by atoms with E-state index < -0.39 is 0 Å². The van der Waals surface area contributed by atoms with Crippen LogP contribution in [0.15, 0.2) is 66.7 Å². The number of imidazole rings is 1. The number of aromatic nitrogens is 2. The molecule has 1 heterocycles. The van der Waals surface area contributed by atoms with Crippen molar-refractivity contribution in [3.8, 4) is 22.9 Å². The molecule has 1 aromatic heterocycles. The number of para-hydroxylation sites is 2. The first-order valence-corrected chi connectivity index (χ1v) is 8.92. The molecule has 4 rings (SSSR count). The minimum absolute atomic E-state index is 0.747. The van der Waals surface area contributed by atoms with Crippen LogP contribution < -0.4 is 9.47 Å². The Morgan fingerprint density at radius 3 is 2.30 bits per heavy atom. The van der Waals surface area contributed by atoms with Gasteiger partial charge in [-0.15, -0.1) is 0 Å². The van der Waals surface area contributed by atoms with Crippen LogP contribution in [-0.4, -0.2) is 23.8 Å². The molecule has 3 aromatic carbocycles. The quantitative estimate of drug-likeness (QED) is 0.499. The average Bonchev–Trinajstić information content (AvgIpc) is 3.06. The topological polar surface area (TPSA) is 36.3 Å². The summed E-state index contributed by atoms with van der Waals surface area (Å²) in [5.41, 5.74) is 5.54. The first-order valence-electron chi connectivity index (χ1n) is 8.92. The minimum atomic E-state index is 0.747. The zero-order chi connectivity index (χ0) is 18.8.